The number of rotatable bonds is 8. The van der Waals surface area contributed by atoms with Crippen molar-refractivity contribution < 1.29 is 9.53 Å². The number of nitrogens with zero attached hydrogens (tertiary/aromatic N) is 1. The third-order valence-electron chi connectivity index (χ3n) is 3.32. The molecule has 5 nitrogen and oxygen atoms in total. The first-order chi connectivity index (χ1) is 9.76. The van der Waals surface area contributed by atoms with Crippen molar-refractivity contribution in [3.63, 3.8) is 0 Å². The van der Waals surface area contributed by atoms with Gasteiger partial charge in [0.25, 0.3) is 0 Å². The maximum Gasteiger partial charge on any atom is 0.305 e. The first-order valence-corrected chi connectivity index (χ1v) is 8.44. The van der Waals surface area contributed by atoms with Crippen LogP contribution in [0.15, 0.2) is 4.99 Å². The molecular weight excluding hydrogens is 274 g/mol. The van der Waals surface area contributed by atoms with Crippen LogP contribution >= 0.6 is 11.8 Å². The lowest BCUT2D eigenvalue weighted by Crippen LogP contribution is -2.40. The largest absolute Gasteiger partial charge is 0.469 e. The molecule has 1 heterocycles. The van der Waals surface area contributed by atoms with Gasteiger partial charge >= 0.3 is 5.97 Å². The Morgan fingerprint density at radius 1 is 1.35 bits per heavy atom. The van der Waals surface area contributed by atoms with Crippen LogP contribution in [0.4, 0.5) is 0 Å². The third kappa shape index (κ3) is 7.62. The monoisotopic (exact) mass is 301 g/mol. The Labute approximate surface area is 126 Å². The van der Waals surface area contributed by atoms with E-state index in [9.17, 15) is 4.79 Å². The van der Waals surface area contributed by atoms with Crippen LogP contribution in [0.5, 0.6) is 0 Å². The van der Waals surface area contributed by atoms with Crippen LogP contribution in [0.3, 0.4) is 0 Å². The molecule has 1 fully saturated rings. The van der Waals surface area contributed by atoms with Crippen LogP contribution < -0.4 is 10.6 Å². The smallest absolute Gasteiger partial charge is 0.305 e. The van der Waals surface area contributed by atoms with E-state index >= 15 is 0 Å². The first-order valence-electron chi connectivity index (χ1n) is 7.39. The number of thioether (sulfide) groups is 1. The molecular formula is C14H27N3O2S. The minimum absolute atomic E-state index is 0.121. The van der Waals surface area contributed by atoms with Gasteiger partial charge in [0.2, 0.25) is 0 Å². The molecule has 0 amide bonds. The van der Waals surface area contributed by atoms with E-state index in [0.717, 1.165) is 43.6 Å². The Morgan fingerprint density at radius 3 is 2.85 bits per heavy atom. The highest BCUT2D eigenvalue weighted by Crippen LogP contribution is 2.25. The predicted molar refractivity (Wildman–Crippen MR) is 85.3 cm³/mol. The standard InChI is InChI=1S/C14H27N3O2S/c1-15-14(17-11-12-7-6-10-20-12)16-9-5-3-4-8-13(18)19-2/h12H,3-11H2,1-2H3,(H2,15,16,17). The fourth-order valence-electron chi connectivity index (χ4n) is 2.12. The summed E-state index contributed by atoms with van der Waals surface area (Å²) >= 11 is 2.05. The van der Waals surface area contributed by atoms with E-state index in [1.807, 2.05) is 11.8 Å². The third-order valence-corrected chi connectivity index (χ3v) is 4.72. The van der Waals surface area contributed by atoms with Crippen molar-refractivity contribution in [2.75, 3.05) is 33.0 Å². The fraction of sp³-hybridized carbons (Fsp3) is 0.857. The topological polar surface area (TPSA) is 62.7 Å². The van der Waals surface area contributed by atoms with E-state index < -0.39 is 0 Å². The minimum atomic E-state index is -0.121. The highest BCUT2D eigenvalue weighted by atomic mass is 32.2. The predicted octanol–water partition coefficient (Wildman–Crippen LogP) is 1.78. The highest BCUT2D eigenvalue weighted by molar-refractivity contribution is 8.00. The molecule has 0 aromatic rings. The van der Waals surface area contributed by atoms with Crippen molar-refractivity contribution >= 4 is 23.7 Å². The zero-order valence-electron chi connectivity index (χ0n) is 12.6. The summed E-state index contributed by atoms with van der Waals surface area (Å²) in [6.07, 6.45) is 6.11. The summed E-state index contributed by atoms with van der Waals surface area (Å²) < 4.78 is 4.61. The molecule has 6 heteroatoms. The van der Waals surface area contributed by atoms with Crippen LogP contribution in [0, 0.1) is 0 Å². The number of hydrogen-bond donors (Lipinski definition) is 2. The average molecular weight is 301 g/mol. The molecule has 1 rings (SSSR count). The van der Waals surface area contributed by atoms with Crippen molar-refractivity contribution in [3.8, 4) is 0 Å². The Hall–Kier alpha value is -0.910. The number of esters is 1. The second-order valence-corrected chi connectivity index (χ2v) is 6.31. The number of methoxy groups -OCH3 is 1. The van der Waals surface area contributed by atoms with Gasteiger partial charge in [-0.3, -0.25) is 9.79 Å². The molecule has 0 spiro atoms. The Morgan fingerprint density at radius 2 is 2.20 bits per heavy atom. The molecule has 1 saturated heterocycles. The average Bonchev–Trinajstić information content (AvgIpc) is 2.98. The van der Waals surface area contributed by atoms with E-state index in [1.54, 1.807) is 7.05 Å². The van der Waals surface area contributed by atoms with Crippen molar-refractivity contribution in [2.24, 2.45) is 4.99 Å². The second kappa shape index (κ2) is 10.8. The SMILES string of the molecule is CN=C(NCCCCCC(=O)OC)NCC1CCCS1. The van der Waals surface area contributed by atoms with Gasteiger partial charge in [0.15, 0.2) is 5.96 Å². The van der Waals surface area contributed by atoms with Gasteiger partial charge in [0.05, 0.1) is 7.11 Å². The van der Waals surface area contributed by atoms with Gasteiger partial charge in [-0.05, 0) is 31.4 Å². The van der Waals surface area contributed by atoms with Gasteiger partial charge in [-0.15, -0.1) is 0 Å². The van der Waals surface area contributed by atoms with Crippen LogP contribution in [0.2, 0.25) is 0 Å². The van der Waals surface area contributed by atoms with Crippen LogP contribution in [0.1, 0.15) is 38.5 Å². The van der Waals surface area contributed by atoms with Crippen molar-refractivity contribution in [1.82, 2.24) is 10.6 Å². The number of hydrogen-bond acceptors (Lipinski definition) is 4. The summed E-state index contributed by atoms with van der Waals surface area (Å²) in [5.41, 5.74) is 0. The van der Waals surface area contributed by atoms with Gasteiger partial charge in [-0.1, -0.05) is 6.42 Å². The maximum atomic E-state index is 10.9. The van der Waals surface area contributed by atoms with E-state index in [-0.39, 0.29) is 5.97 Å². The Bertz CT molecular complexity index is 305. The van der Waals surface area contributed by atoms with E-state index in [0.29, 0.717) is 6.42 Å². The highest BCUT2D eigenvalue weighted by Gasteiger charge is 2.15. The number of carbonyl (C=O) groups is 1. The summed E-state index contributed by atoms with van der Waals surface area (Å²) in [6, 6.07) is 0. The Balaban J connectivity index is 1.99. The molecule has 116 valence electrons. The number of nitrogens with one attached hydrogen (secondary N) is 2. The zero-order valence-corrected chi connectivity index (χ0v) is 13.4. The molecule has 0 saturated carbocycles. The van der Waals surface area contributed by atoms with Gasteiger partial charge in [-0.2, -0.15) is 11.8 Å². The van der Waals surface area contributed by atoms with Gasteiger partial charge in [-0.25, -0.2) is 0 Å². The molecule has 0 radical (unpaired) electrons. The summed E-state index contributed by atoms with van der Waals surface area (Å²) in [7, 11) is 3.23. The molecule has 1 unspecified atom stereocenters. The Kier molecular flexibility index (Phi) is 9.28. The second-order valence-electron chi connectivity index (χ2n) is 4.90. The summed E-state index contributed by atoms with van der Waals surface area (Å²) in [5.74, 6) is 2.05. The molecule has 0 aromatic carbocycles. The van der Waals surface area contributed by atoms with E-state index in [1.165, 1.54) is 25.7 Å². The lowest BCUT2D eigenvalue weighted by Gasteiger charge is -2.14. The van der Waals surface area contributed by atoms with Crippen LogP contribution in [-0.2, 0) is 9.53 Å². The molecule has 1 atom stereocenters. The van der Waals surface area contributed by atoms with Gasteiger partial charge in [0, 0.05) is 31.8 Å². The maximum absolute atomic E-state index is 10.9. The van der Waals surface area contributed by atoms with Crippen molar-refractivity contribution in [2.45, 2.75) is 43.8 Å². The van der Waals surface area contributed by atoms with Crippen LogP contribution in [0.25, 0.3) is 0 Å². The number of aliphatic imine (C=N–C) groups is 1. The molecule has 1 aliphatic heterocycles. The van der Waals surface area contributed by atoms with Crippen LogP contribution in [-0.4, -0.2) is 50.2 Å². The summed E-state index contributed by atoms with van der Waals surface area (Å²) in [4.78, 5) is 15.2. The van der Waals surface area contributed by atoms with Gasteiger partial charge in [0.1, 0.15) is 0 Å². The van der Waals surface area contributed by atoms with Gasteiger partial charge < -0.3 is 15.4 Å². The lowest BCUT2D eigenvalue weighted by atomic mass is 10.2. The van der Waals surface area contributed by atoms with Crippen molar-refractivity contribution in [3.05, 3.63) is 0 Å². The van der Waals surface area contributed by atoms with E-state index in [2.05, 4.69) is 20.4 Å². The number of unbranched alkanes of at least 4 members (excludes halogenated alkanes) is 2. The molecule has 2 N–H and O–H groups in total. The van der Waals surface area contributed by atoms with E-state index in [4.69, 9.17) is 0 Å². The molecule has 1 aliphatic rings. The summed E-state index contributed by atoms with van der Waals surface area (Å²) in [6.45, 7) is 1.88. The molecule has 0 bridgehead atoms. The quantitative estimate of drug-likeness (QED) is 0.310. The normalized spacial score (nSPS) is 18.9. The molecule has 0 aromatic heterocycles. The first kappa shape index (κ1) is 17.1. The number of ether oxygens (including phenoxy) is 1. The minimum Gasteiger partial charge on any atom is -0.469 e. The molecule has 20 heavy (non-hydrogen) atoms. The molecule has 0 aliphatic carbocycles. The van der Waals surface area contributed by atoms with Crippen molar-refractivity contribution in [1.29, 1.82) is 0 Å². The number of carbonyl (C=O) groups excluding carboxylic acids is 1. The zero-order chi connectivity index (χ0) is 14.6. The lowest BCUT2D eigenvalue weighted by molar-refractivity contribution is -0.140. The fourth-order valence-corrected chi connectivity index (χ4v) is 3.32. The summed E-state index contributed by atoms with van der Waals surface area (Å²) in [5, 5.41) is 7.41. The number of guanidine groups is 1.